The molecule has 1 aliphatic rings. The molecule has 12 heteroatoms. The van der Waals surface area contributed by atoms with Crippen molar-refractivity contribution in [1.29, 1.82) is 0 Å². The van der Waals surface area contributed by atoms with Gasteiger partial charge in [-0.3, -0.25) is 9.80 Å². The lowest BCUT2D eigenvalue weighted by Crippen LogP contribution is -2.46. The Balaban J connectivity index is 1.02. The van der Waals surface area contributed by atoms with Gasteiger partial charge in [-0.15, -0.1) is 0 Å². The minimum Gasteiger partial charge on any atom is -0.480 e. The van der Waals surface area contributed by atoms with Gasteiger partial charge in [0.25, 0.3) is 0 Å². The van der Waals surface area contributed by atoms with E-state index >= 15 is 0 Å². The Morgan fingerprint density at radius 2 is 1.61 bits per heavy atom. The number of anilines is 1. The van der Waals surface area contributed by atoms with Crippen LogP contribution in [0.2, 0.25) is 5.02 Å². The van der Waals surface area contributed by atoms with Crippen LogP contribution in [0.15, 0.2) is 60.9 Å². The lowest BCUT2D eigenvalue weighted by Gasteiger charge is -2.34. The molecule has 3 heterocycles. The molecule has 0 radical (unpaired) electrons. The number of carboxylic acid groups (broad SMARTS) is 1. The molecule has 1 fully saturated rings. The van der Waals surface area contributed by atoms with Crippen LogP contribution in [0.1, 0.15) is 11.1 Å². The second kappa shape index (κ2) is 16.5. The first kappa shape index (κ1) is 31.8. The fraction of sp³-hybridized carbons (Fsp3) is 0.406. The Kier molecular flexibility index (Phi) is 11.9. The second-order valence-electron chi connectivity index (χ2n) is 10.6. The predicted molar refractivity (Wildman–Crippen MR) is 170 cm³/mol. The molecule has 0 spiro atoms. The monoisotopic (exact) mass is 622 g/mol. The van der Waals surface area contributed by atoms with E-state index in [0.717, 1.165) is 78.0 Å². The van der Waals surface area contributed by atoms with Crippen molar-refractivity contribution in [3.05, 3.63) is 77.1 Å². The Bertz CT molecular complexity index is 1480. The van der Waals surface area contributed by atoms with E-state index in [-0.39, 0.29) is 13.2 Å². The third kappa shape index (κ3) is 9.46. The van der Waals surface area contributed by atoms with Crippen LogP contribution in [0.25, 0.3) is 22.3 Å². The average Bonchev–Trinajstić information content (AvgIpc) is 3.48. The van der Waals surface area contributed by atoms with Crippen molar-refractivity contribution in [1.82, 2.24) is 24.8 Å². The smallest absolute Gasteiger partial charge is 0.329 e. The number of aromatic nitrogens is 3. The van der Waals surface area contributed by atoms with Gasteiger partial charge in [-0.1, -0.05) is 54.1 Å². The van der Waals surface area contributed by atoms with Gasteiger partial charge < -0.3 is 29.6 Å². The van der Waals surface area contributed by atoms with Gasteiger partial charge in [-0.2, -0.15) is 0 Å². The van der Waals surface area contributed by atoms with Crippen LogP contribution in [0.5, 0.6) is 0 Å². The maximum absolute atomic E-state index is 10.4. The van der Waals surface area contributed by atoms with Crippen molar-refractivity contribution >= 4 is 34.4 Å². The van der Waals surface area contributed by atoms with Gasteiger partial charge in [0.1, 0.15) is 24.4 Å². The summed E-state index contributed by atoms with van der Waals surface area (Å²) in [5, 5.41) is 13.6. The molecule has 0 atom stereocenters. The molecule has 0 aliphatic carbocycles. The molecule has 1 aliphatic heterocycles. The van der Waals surface area contributed by atoms with Crippen molar-refractivity contribution in [2.75, 3.05) is 77.7 Å². The van der Waals surface area contributed by atoms with Crippen LogP contribution >= 0.6 is 11.6 Å². The summed E-state index contributed by atoms with van der Waals surface area (Å²) in [6.07, 6.45) is 1.57. The van der Waals surface area contributed by atoms with E-state index in [4.69, 9.17) is 30.9 Å². The number of carboxylic acids is 1. The van der Waals surface area contributed by atoms with Gasteiger partial charge in [0, 0.05) is 56.5 Å². The molecule has 3 N–H and O–H groups in total. The highest BCUT2D eigenvalue weighted by atomic mass is 35.5. The summed E-state index contributed by atoms with van der Waals surface area (Å²) in [5.74, 6) is -0.206. The van der Waals surface area contributed by atoms with E-state index in [1.54, 1.807) is 6.33 Å². The summed E-state index contributed by atoms with van der Waals surface area (Å²) in [5.41, 5.74) is 5.20. The van der Waals surface area contributed by atoms with E-state index in [9.17, 15) is 4.79 Å². The highest BCUT2D eigenvalue weighted by Gasteiger charge is 2.17. The molecule has 44 heavy (non-hydrogen) atoms. The van der Waals surface area contributed by atoms with Gasteiger partial charge in [0.05, 0.1) is 38.4 Å². The number of carbonyl (C=O) groups is 1. The molecule has 0 bridgehead atoms. The second-order valence-corrected chi connectivity index (χ2v) is 11.0. The molecular formula is C32H39ClN6O5. The van der Waals surface area contributed by atoms with E-state index in [1.807, 2.05) is 24.3 Å². The number of halogens is 1. The number of nitrogens with one attached hydrogen (secondary N) is 2. The van der Waals surface area contributed by atoms with Crippen LogP contribution < -0.4 is 5.32 Å². The van der Waals surface area contributed by atoms with Crippen molar-refractivity contribution in [2.24, 2.45) is 0 Å². The third-order valence-corrected chi connectivity index (χ3v) is 7.86. The third-order valence-electron chi connectivity index (χ3n) is 7.49. The van der Waals surface area contributed by atoms with Crippen LogP contribution in [0.4, 0.5) is 5.82 Å². The van der Waals surface area contributed by atoms with Gasteiger partial charge in [0.15, 0.2) is 0 Å². The normalized spacial score (nSPS) is 14.3. The van der Waals surface area contributed by atoms with Crippen LogP contribution in [0.3, 0.4) is 0 Å². The van der Waals surface area contributed by atoms with E-state index in [0.29, 0.717) is 33.0 Å². The van der Waals surface area contributed by atoms with Crippen molar-refractivity contribution in [3.8, 4) is 11.3 Å². The predicted octanol–water partition coefficient (Wildman–Crippen LogP) is 4.14. The zero-order chi connectivity index (χ0) is 30.6. The number of benzene rings is 2. The minimum absolute atomic E-state index is 0.270. The summed E-state index contributed by atoms with van der Waals surface area (Å²) < 4.78 is 16.0. The Labute approximate surface area is 262 Å². The number of ether oxygens (including phenoxy) is 3. The largest absolute Gasteiger partial charge is 0.480 e. The lowest BCUT2D eigenvalue weighted by molar-refractivity contribution is -0.142. The van der Waals surface area contributed by atoms with Crippen LogP contribution in [0, 0.1) is 0 Å². The molecule has 2 aromatic heterocycles. The fourth-order valence-electron chi connectivity index (χ4n) is 5.07. The Morgan fingerprint density at radius 1 is 0.909 bits per heavy atom. The van der Waals surface area contributed by atoms with E-state index < -0.39 is 5.97 Å². The van der Waals surface area contributed by atoms with E-state index in [2.05, 4.69) is 60.4 Å². The number of nitrogens with zero attached hydrogens (tertiary/aromatic N) is 4. The van der Waals surface area contributed by atoms with Crippen molar-refractivity contribution in [2.45, 2.75) is 13.1 Å². The summed E-state index contributed by atoms with van der Waals surface area (Å²) >= 11 is 6.32. The first-order valence-corrected chi connectivity index (χ1v) is 15.2. The molecule has 0 amide bonds. The van der Waals surface area contributed by atoms with E-state index in [1.165, 1.54) is 5.56 Å². The fourth-order valence-corrected chi connectivity index (χ4v) is 5.27. The SMILES string of the molecule is O=C(O)COCCOCCOCCN1CCN(Cc2ccc(-c3cc4c(NCc5ccccc5Cl)ncnc4[nH]3)cc2)CC1. The molecule has 234 valence electrons. The number of hydrogen-bond acceptors (Lipinski definition) is 9. The number of rotatable bonds is 17. The zero-order valence-corrected chi connectivity index (χ0v) is 25.5. The molecule has 4 aromatic rings. The molecule has 2 aromatic carbocycles. The van der Waals surface area contributed by atoms with Crippen molar-refractivity contribution in [3.63, 3.8) is 0 Å². The number of H-pyrrole nitrogens is 1. The lowest BCUT2D eigenvalue weighted by atomic mass is 10.1. The number of piperazine rings is 1. The first-order valence-electron chi connectivity index (χ1n) is 14.9. The highest BCUT2D eigenvalue weighted by molar-refractivity contribution is 6.31. The quantitative estimate of drug-likeness (QED) is 0.148. The highest BCUT2D eigenvalue weighted by Crippen LogP contribution is 2.28. The molecule has 5 rings (SSSR count). The zero-order valence-electron chi connectivity index (χ0n) is 24.7. The number of aromatic amines is 1. The number of aliphatic carboxylic acids is 1. The van der Waals surface area contributed by atoms with Gasteiger partial charge in [0.2, 0.25) is 0 Å². The summed E-state index contributed by atoms with van der Waals surface area (Å²) in [6.45, 7) is 8.46. The van der Waals surface area contributed by atoms with Gasteiger partial charge >= 0.3 is 5.97 Å². The van der Waals surface area contributed by atoms with Crippen molar-refractivity contribution < 1.29 is 24.1 Å². The molecule has 1 saturated heterocycles. The minimum atomic E-state index is -0.976. The molecular weight excluding hydrogens is 584 g/mol. The van der Waals surface area contributed by atoms with Gasteiger partial charge in [-0.05, 0) is 28.8 Å². The Hall–Kier alpha value is -3.58. The maximum atomic E-state index is 10.4. The summed E-state index contributed by atoms with van der Waals surface area (Å²) in [6, 6.07) is 18.6. The molecule has 0 saturated carbocycles. The average molecular weight is 623 g/mol. The van der Waals surface area contributed by atoms with Gasteiger partial charge in [-0.25, -0.2) is 14.8 Å². The topological polar surface area (TPSA) is 125 Å². The van der Waals surface area contributed by atoms with Crippen LogP contribution in [-0.4, -0.2) is 108 Å². The standard InChI is InChI=1S/C32H39ClN6O5/c33-28-4-2-1-3-26(28)20-34-31-27-19-29(37-32(27)36-23-35-31)25-7-5-24(6-8-25)21-39-11-9-38(10-12-39)13-14-42-15-16-43-17-18-44-22-30(40)41/h1-8,19,23H,9-18,20-22H2,(H,40,41)(H2,34,35,36,37). The number of hydrogen-bond donors (Lipinski definition) is 3. The summed E-state index contributed by atoms with van der Waals surface area (Å²) in [4.78, 5) is 27.6. The van der Waals surface area contributed by atoms with Crippen LogP contribution in [-0.2, 0) is 32.1 Å². The molecule has 0 unspecified atom stereocenters. The molecule has 11 nitrogen and oxygen atoms in total. The Morgan fingerprint density at radius 3 is 2.36 bits per heavy atom. The first-order chi connectivity index (χ1) is 21.5. The maximum Gasteiger partial charge on any atom is 0.329 e. The number of fused-ring (bicyclic) bond motifs is 1. The summed E-state index contributed by atoms with van der Waals surface area (Å²) in [7, 11) is 0.